The number of fused-ring (bicyclic) bond motifs is 1. The van der Waals surface area contributed by atoms with Crippen molar-refractivity contribution in [2.24, 2.45) is 0 Å². The van der Waals surface area contributed by atoms with Crippen LogP contribution in [0.2, 0.25) is 0 Å². The topological polar surface area (TPSA) is 26.3 Å². The van der Waals surface area contributed by atoms with E-state index in [0.29, 0.717) is 12.2 Å². The first-order valence-electron chi connectivity index (χ1n) is 6.23. The lowest BCUT2D eigenvalue weighted by molar-refractivity contribution is -0.870. The molecule has 0 heterocycles. The summed E-state index contributed by atoms with van der Waals surface area (Å²) >= 11 is 0. The largest absolute Gasteiger partial charge is 0.456 e. The SMILES string of the molecule is C[N+](C)(C)CCOC(=O)C1=CCc2ccccc21. The van der Waals surface area contributed by atoms with Crippen molar-refractivity contribution in [1.82, 2.24) is 0 Å². The third kappa shape index (κ3) is 2.99. The van der Waals surface area contributed by atoms with E-state index in [0.717, 1.165) is 23.0 Å². The summed E-state index contributed by atoms with van der Waals surface area (Å²) in [6.45, 7) is 1.28. The Bertz CT molecular complexity index is 484. The van der Waals surface area contributed by atoms with Gasteiger partial charge in [0.05, 0.1) is 26.7 Å². The second kappa shape index (κ2) is 4.94. The number of hydrogen-bond donors (Lipinski definition) is 0. The van der Waals surface area contributed by atoms with E-state index in [9.17, 15) is 4.79 Å². The number of carbonyl (C=O) groups is 1. The highest BCUT2D eigenvalue weighted by Gasteiger charge is 2.21. The fourth-order valence-electron chi connectivity index (χ4n) is 1.97. The molecule has 3 nitrogen and oxygen atoms in total. The zero-order valence-corrected chi connectivity index (χ0v) is 11.3. The van der Waals surface area contributed by atoms with Crippen molar-refractivity contribution in [2.75, 3.05) is 34.3 Å². The molecule has 0 N–H and O–H groups in total. The highest BCUT2D eigenvalue weighted by atomic mass is 16.5. The molecule has 1 aromatic carbocycles. The number of rotatable bonds is 4. The predicted molar refractivity (Wildman–Crippen MR) is 72.0 cm³/mol. The van der Waals surface area contributed by atoms with Crippen LogP contribution in [-0.2, 0) is 16.0 Å². The predicted octanol–water partition coefficient (Wildman–Crippen LogP) is 1.88. The van der Waals surface area contributed by atoms with Gasteiger partial charge in [0.2, 0.25) is 0 Å². The molecule has 0 amide bonds. The molecule has 0 saturated heterocycles. The summed E-state index contributed by atoms with van der Waals surface area (Å²) in [6, 6.07) is 7.99. The fraction of sp³-hybridized carbons (Fsp3) is 0.400. The quantitative estimate of drug-likeness (QED) is 0.599. The van der Waals surface area contributed by atoms with E-state index >= 15 is 0 Å². The maximum atomic E-state index is 12.0. The molecule has 0 saturated carbocycles. The van der Waals surface area contributed by atoms with Crippen molar-refractivity contribution in [3.63, 3.8) is 0 Å². The molecule has 2 rings (SSSR count). The number of ether oxygens (including phenoxy) is 1. The van der Waals surface area contributed by atoms with Gasteiger partial charge in [-0.1, -0.05) is 30.3 Å². The molecule has 0 unspecified atom stereocenters. The van der Waals surface area contributed by atoms with E-state index in [4.69, 9.17) is 4.74 Å². The molecule has 0 bridgehead atoms. The van der Waals surface area contributed by atoms with Crippen molar-refractivity contribution in [2.45, 2.75) is 6.42 Å². The average Bonchev–Trinajstić information content (AvgIpc) is 2.70. The Labute approximate surface area is 108 Å². The molecule has 1 aliphatic carbocycles. The number of esters is 1. The van der Waals surface area contributed by atoms with Gasteiger partial charge in [-0.15, -0.1) is 0 Å². The first-order valence-corrected chi connectivity index (χ1v) is 6.23. The number of likely N-dealkylation sites (N-methyl/N-ethyl adjacent to an activating group) is 1. The lowest BCUT2D eigenvalue weighted by atomic mass is 10.1. The molecule has 0 atom stereocenters. The van der Waals surface area contributed by atoms with Crippen molar-refractivity contribution in [3.8, 4) is 0 Å². The van der Waals surface area contributed by atoms with E-state index in [2.05, 4.69) is 27.2 Å². The van der Waals surface area contributed by atoms with Crippen LogP contribution >= 0.6 is 0 Å². The molecule has 18 heavy (non-hydrogen) atoms. The minimum absolute atomic E-state index is 0.201. The second-order valence-electron chi connectivity index (χ2n) is 5.63. The number of carbonyl (C=O) groups excluding carboxylic acids is 1. The maximum Gasteiger partial charge on any atom is 0.338 e. The van der Waals surface area contributed by atoms with Crippen molar-refractivity contribution < 1.29 is 14.0 Å². The Balaban J connectivity index is 1.96. The second-order valence-corrected chi connectivity index (χ2v) is 5.63. The van der Waals surface area contributed by atoms with Crippen LogP contribution in [0.3, 0.4) is 0 Å². The number of nitrogens with zero attached hydrogens (tertiary/aromatic N) is 1. The minimum Gasteiger partial charge on any atom is -0.456 e. The van der Waals surface area contributed by atoms with Crippen LogP contribution in [0, 0.1) is 0 Å². The molecular formula is C15H20NO2+. The monoisotopic (exact) mass is 246 g/mol. The molecule has 3 heteroatoms. The molecule has 0 aromatic heterocycles. The van der Waals surface area contributed by atoms with E-state index in [1.165, 1.54) is 5.56 Å². The first kappa shape index (κ1) is 12.8. The van der Waals surface area contributed by atoms with Gasteiger partial charge in [-0.05, 0) is 17.5 Å². The number of quaternary nitrogens is 1. The summed E-state index contributed by atoms with van der Waals surface area (Å²) in [5, 5.41) is 0. The van der Waals surface area contributed by atoms with Gasteiger partial charge in [0.15, 0.2) is 0 Å². The summed E-state index contributed by atoms with van der Waals surface area (Å²) in [4.78, 5) is 12.0. The molecular weight excluding hydrogens is 226 g/mol. The number of hydrogen-bond acceptors (Lipinski definition) is 2. The standard InChI is InChI=1S/C15H20NO2/c1-16(2,3)10-11-18-15(17)14-9-8-12-6-4-5-7-13(12)14/h4-7,9H,8,10-11H2,1-3H3/q+1. The summed E-state index contributed by atoms with van der Waals surface area (Å²) in [6.07, 6.45) is 2.79. The Morgan fingerprint density at radius 3 is 2.72 bits per heavy atom. The Morgan fingerprint density at radius 2 is 2.00 bits per heavy atom. The van der Waals surface area contributed by atoms with E-state index in [1.807, 2.05) is 24.3 Å². The lowest BCUT2D eigenvalue weighted by Crippen LogP contribution is -2.38. The summed E-state index contributed by atoms with van der Waals surface area (Å²) in [5.74, 6) is -0.201. The van der Waals surface area contributed by atoms with Crippen LogP contribution in [0.4, 0.5) is 0 Å². The number of allylic oxidation sites excluding steroid dienone is 1. The zero-order valence-electron chi connectivity index (χ0n) is 11.3. The van der Waals surface area contributed by atoms with Gasteiger partial charge in [-0.25, -0.2) is 4.79 Å². The molecule has 0 aliphatic heterocycles. The van der Waals surface area contributed by atoms with Gasteiger partial charge in [0.25, 0.3) is 0 Å². The van der Waals surface area contributed by atoms with Gasteiger partial charge in [0.1, 0.15) is 13.2 Å². The Hall–Kier alpha value is -1.61. The third-order valence-corrected chi connectivity index (χ3v) is 3.05. The summed E-state index contributed by atoms with van der Waals surface area (Å²) in [5.41, 5.74) is 2.94. The van der Waals surface area contributed by atoms with Crippen molar-refractivity contribution in [3.05, 3.63) is 41.5 Å². The molecule has 1 aliphatic rings. The maximum absolute atomic E-state index is 12.0. The van der Waals surface area contributed by atoms with Gasteiger partial charge < -0.3 is 9.22 Å². The number of benzene rings is 1. The van der Waals surface area contributed by atoms with Gasteiger partial charge in [-0.2, -0.15) is 0 Å². The normalized spacial score (nSPS) is 14.1. The van der Waals surface area contributed by atoms with Gasteiger partial charge in [0, 0.05) is 0 Å². The van der Waals surface area contributed by atoms with E-state index < -0.39 is 0 Å². The van der Waals surface area contributed by atoms with Gasteiger partial charge in [-0.3, -0.25) is 0 Å². The molecule has 0 spiro atoms. The van der Waals surface area contributed by atoms with E-state index in [1.54, 1.807) is 0 Å². The van der Waals surface area contributed by atoms with Crippen LogP contribution in [0.1, 0.15) is 11.1 Å². The Morgan fingerprint density at radius 1 is 1.28 bits per heavy atom. The lowest BCUT2D eigenvalue weighted by Gasteiger charge is -2.23. The van der Waals surface area contributed by atoms with Crippen LogP contribution in [0.15, 0.2) is 30.3 Å². The summed E-state index contributed by atoms with van der Waals surface area (Å²) < 4.78 is 6.13. The molecule has 0 radical (unpaired) electrons. The molecule has 96 valence electrons. The third-order valence-electron chi connectivity index (χ3n) is 3.05. The highest BCUT2D eigenvalue weighted by Crippen LogP contribution is 2.27. The van der Waals surface area contributed by atoms with Crippen molar-refractivity contribution in [1.29, 1.82) is 0 Å². The Kier molecular flexibility index (Phi) is 3.53. The molecule has 1 aromatic rings. The smallest absolute Gasteiger partial charge is 0.338 e. The van der Waals surface area contributed by atoms with Crippen LogP contribution in [0.25, 0.3) is 5.57 Å². The molecule has 0 fully saturated rings. The first-order chi connectivity index (χ1) is 8.47. The van der Waals surface area contributed by atoms with Crippen LogP contribution in [-0.4, -0.2) is 44.7 Å². The summed E-state index contributed by atoms with van der Waals surface area (Å²) in [7, 11) is 6.24. The highest BCUT2D eigenvalue weighted by molar-refractivity contribution is 6.18. The van der Waals surface area contributed by atoms with Crippen LogP contribution in [0.5, 0.6) is 0 Å². The zero-order chi connectivity index (χ0) is 13.2. The van der Waals surface area contributed by atoms with Crippen LogP contribution < -0.4 is 0 Å². The average molecular weight is 246 g/mol. The van der Waals surface area contributed by atoms with Gasteiger partial charge >= 0.3 is 5.97 Å². The minimum atomic E-state index is -0.201. The van der Waals surface area contributed by atoms with Crippen molar-refractivity contribution >= 4 is 11.5 Å². The fourth-order valence-corrected chi connectivity index (χ4v) is 1.97. The van der Waals surface area contributed by atoms with E-state index in [-0.39, 0.29) is 5.97 Å².